The lowest BCUT2D eigenvalue weighted by Gasteiger charge is -2.01. The van der Waals surface area contributed by atoms with E-state index < -0.39 is 0 Å². The Balaban J connectivity index is 2.83. The van der Waals surface area contributed by atoms with Gasteiger partial charge in [0.15, 0.2) is 0 Å². The fraction of sp³-hybridized carbons (Fsp3) is 0. The molecule has 0 bridgehead atoms. The zero-order chi connectivity index (χ0) is 11.0. The molecule has 0 spiro atoms. The SMILES string of the molecule is NC(=S)c1cc2cc(I)ccc2[nH]c1=O. The maximum absolute atomic E-state index is 11.5. The minimum atomic E-state index is -0.240. The maximum Gasteiger partial charge on any atom is 0.258 e. The number of benzene rings is 1. The van der Waals surface area contributed by atoms with Crippen molar-refractivity contribution in [2.45, 2.75) is 0 Å². The lowest BCUT2D eigenvalue weighted by molar-refractivity contribution is 1.29. The Morgan fingerprint density at radius 2 is 2.13 bits per heavy atom. The third kappa shape index (κ3) is 2.03. The molecule has 1 aromatic heterocycles. The van der Waals surface area contributed by atoms with Gasteiger partial charge in [0.25, 0.3) is 5.56 Å². The van der Waals surface area contributed by atoms with E-state index in [-0.39, 0.29) is 10.5 Å². The Hall–Kier alpha value is -0.950. The lowest BCUT2D eigenvalue weighted by Crippen LogP contribution is -2.22. The average Bonchev–Trinajstić information content (AvgIpc) is 2.17. The molecule has 0 radical (unpaired) electrons. The zero-order valence-electron chi connectivity index (χ0n) is 7.58. The number of thiocarbonyl (C=S) groups is 1. The summed E-state index contributed by atoms with van der Waals surface area (Å²) < 4.78 is 1.10. The van der Waals surface area contributed by atoms with Crippen LogP contribution in [0.3, 0.4) is 0 Å². The van der Waals surface area contributed by atoms with Gasteiger partial charge in [-0.15, -0.1) is 0 Å². The third-order valence-electron chi connectivity index (χ3n) is 2.07. The summed E-state index contributed by atoms with van der Waals surface area (Å²) in [6.45, 7) is 0. The zero-order valence-corrected chi connectivity index (χ0v) is 10.6. The molecule has 3 nitrogen and oxygen atoms in total. The molecular formula is C10H7IN2OS. The van der Waals surface area contributed by atoms with Crippen LogP contribution in [0.1, 0.15) is 5.56 Å². The number of H-pyrrole nitrogens is 1. The Morgan fingerprint density at radius 1 is 1.40 bits per heavy atom. The second kappa shape index (κ2) is 3.90. The molecule has 0 aliphatic rings. The molecular weight excluding hydrogens is 323 g/mol. The first kappa shape index (κ1) is 10.6. The van der Waals surface area contributed by atoms with Gasteiger partial charge < -0.3 is 10.7 Å². The number of aromatic nitrogens is 1. The lowest BCUT2D eigenvalue weighted by atomic mass is 10.1. The van der Waals surface area contributed by atoms with Crippen LogP contribution in [0.2, 0.25) is 0 Å². The summed E-state index contributed by atoms with van der Waals surface area (Å²) in [7, 11) is 0. The monoisotopic (exact) mass is 330 g/mol. The summed E-state index contributed by atoms with van der Waals surface area (Å²) in [5.74, 6) is 0. The molecule has 0 fully saturated rings. The number of nitrogens with two attached hydrogens (primary N) is 1. The van der Waals surface area contributed by atoms with Crippen LogP contribution in [0.25, 0.3) is 10.9 Å². The fourth-order valence-corrected chi connectivity index (χ4v) is 2.03. The first-order chi connectivity index (χ1) is 7.08. The van der Waals surface area contributed by atoms with Crippen LogP contribution in [0.4, 0.5) is 0 Å². The normalized spacial score (nSPS) is 10.5. The van der Waals surface area contributed by atoms with Crippen molar-refractivity contribution in [3.05, 3.63) is 43.8 Å². The van der Waals surface area contributed by atoms with E-state index >= 15 is 0 Å². The average molecular weight is 330 g/mol. The van der Waals surface area contributed by atoms with Crippen molar-refractivity contribution in [2.24, 2.45) is 5.73 Å². The third-order valence-corrected chi connectivity index (χ3v) is 2.96. The quantitative estimate of drug-likeness (QED) is 0.619. The van der Waals surface area contributed by atoms with Crippen LogP contribution in [0.5, 0.6) is 0 Å². The van der Waals surface area contributed by atoms with E-state index in [1.165, 1.54) is 0 Å². The van der Waals surface area contributed by atoms with E-state index in [0.29, 0.717) is 5.56 Å². The summed E-state index contributed by atoms with van der Waals surface area (Å²) >= 11 is 7.01. The summed E-state index contributed by atoms with van der Waals surface area (Å²) in [5.41, 5.74) is 6.37. The van der Waals surface area contributed by atoms with Crippen molar-refractivity contribution in [2.75, 3.05) is 0 Å². The highest BCUT2D eigenvalue weighted by molar-refractivity contribution is 14.1. The van der Waals surface area contributed by atoms with Gasteiger partial charge in [-0.3, -0.25) is 4.79 Å². The molecule has 1 heterocycles. The predicted octanol–water partition coefficient (Wildman–Crippen LogP) is 1.77. The molecule has 0 saturated carbocycles. The molecule has 2 aromatic rings. The van der Waals surface area contributed by atoms with Gasteiger partial charge in [0, 0.05) is 9.09 Å². The first-order valence-electron chi connectivity index (χ1n) is 4.20. The Morgan fingerprint density at radius 3 is 2.80 bits per heavy atom. The van der Waals surface area contributed by atoms with Gasteiger partial charge in [0.1, 0.15) is 4.99 Å². The molecule has 1 aromatic carbocycles. The van der Waals surface area contributed by atoms with Crippen molar-refractivity contribution in [1.82, 2.24) is 4.98 Å². The van der Waals surface area contributed by atoms with Gasteiger partial charge in [0.05, 0.1) is 5.56 Å². The summed E-state index contributed by atoms with van der Waals surface area (Å²) in [6, 6.07) is 7.48. The molecule has 3 N–H and O–H groups in total. The van der Waals surface area contributed by atoms with Crippen LogP contribution < -0.4 is 11.3 Å². The van der Waals surface area contributed by atoms with Crippen molar-refractivity contribution in [3.63, 3.8) is 0 Å². The van der Waals surface area contributed by atoms with E-state index in [9.17, 15) is 4.79 Å². The molecule has 5 heteroatoms. The topological polar surface area (TPSA) is 58.9 Å². The molecule has 0 atom stereocenters. The number of fused-ring (bicyclic) bond motifs is 1. The molecule has 0 saturated heterocycles. The summed E-state index contributed by atoms with van der Waals surface area (Å²) in [5, 5.41) is 0.935. The number of pyridine rings is 1. The van der Waals surface area contributed by atoms with Gasteiger partial charge >= 0.3 is 0 Å². The first-order valence-corrected chi connectivity index (χ1v) is 5.69. The highest BCUT2D eigenvalue weighted by atomic mass is 127. The van der Waals surface area contributed by atoms with Gasteiger partial charge in [-0.2, -0.15) is 0 Å². The molecule has 0 unspecified atom stereocenters. The van der Waals surface area contributed by atoms with Crippen molar-refractivity contribution >= 4 is 50.7 Å². The number of rotatable bonds is 1. The molecule has 76 valence electrons. The smallest absolute Gasteiger partial charge is 0.258 e. The highest BCUT2D eigenvalue weighted by Gasteiger charge is 2.05. The van der Waals surface area contributed by atoms with Crippen LogP contribution in [0, 0.1) is 3.57 Å². The number of hydrogen-bond donors (Lipinski definition) is 2. The second-order valence-electron chi connectivity index (χ2n) is 3.11. The van der Waals surface area contributed by atoms with Gasteiger partial charge in [-0.1, -0.05) is 12.2 Å². The number of halogens is 1. The van der Waals surface area contributed by atoms with Crippen molar-refractivity contribution < 1.29 is 0 Å². The van der Waals surface area contributed by atoms with Gasteiger partial charge in [-0.05, 0) is 52.2 Å². The maximum atomic E-state index is 11.5. The van der Waals surface area contributed by atoms with Crippen LogP contribution in [0.15, 0.2) is 29.1 Å². The van der Waals surface area contributed by atoms with E-state index in [4.69, 9.17) is 18.0 Å². The van der Waals surface area contributed by atoms with Gasteiger partial charge in [-0.25, -0.2) is 0 Å². The largest absolute Gasteiger partial charge is 0.389 e. The summed E-state index contributed by atoms with van der Waals surface area (Å²) in [6.07, 6.45) is 0. The van der Waals surface area contributed by atoms with Crippen molar-refractivity contribution in [3.8, 4) is 0 Å². The van der Waals surface area contributed by atoms with E-state index in [2.05, 4.69) is 27.6 Å². The highest BCUT2D eigenvalue weighted by Crippen LogP contribution is 2.14. The van der Waals surface area contributed by atoms with E-state index in [0.717, 1.165) is 14.5 Å². The number of hydrogen-bond acceptors (Lipinski definition) is 2. The van der Waals surface area contributed by atoms with Crippen LogP contribution in [-0.4, -0.2) is 9.97 Å². The molecule has 2 rings (SSSR count). The number of aromatic amines is 1. The molecule has 0 amide bonds. The Kier molecular flexibility index (Phi) is 2.74. The van der Waals surface area contributed by atoms with E-state index in [1.807, 2.05) is 18.2 Å². The Bertz CT molecular complexity index is 606. The summed E-state index contributed by atoms with van der Waals surface area (Å²) in [4.78, 5) is 14.4. The van der Waals surface area contributed by atoms with E-state index in [1.54, 1.807) is 6.07 Å². The van der Waals surface area contributed by atoms with Crippen LogP contribution >= 0.6 is 34.8 Å². The van der Waals surface area contributed by atoms with Crippen LogP contribution in [-0.2, 0) is 0 Å². The van der Waals surface area contributed by atoms with Gasteiger partial charge in [0.2, 0.25) is 0 Å². The molecule has 15 heavy (non-hydrogen) atoms. The molecule has 0 aliphatic carbocycles. The Labute approximate surface area is 105 Å². The van der Waals surface area contributed by atoms with Crippen molar-refractivity contribution in [1.29, 1.82) is 0 Å². The molecule has 0 aliphatic heterocycles. The standard InChI is InChI=1S/C10H7IN2OS/c11-6-1-2-8-5(3-6)4-7(9(12)15)10(14)13-8/h1-4H,(H2,12,15)(H,13,14). The minimum Gasteiger partial charge on any atom is -0.389 e. The minimum absolute atomic E-state index is 0.122. The number of nitrogens with one attached hydrogen (secondary N) is 1. The fourth-order valence-electron chi connectivity index (χ4n) is 1.36. The predicted molar refractivity (Wildman–Crippen MR) is 73.2 cm³/mol. The second-order valence-corrected chi connectivity index (χ2v) is 4.79.